The monoisotopic (exact) mass is 453 g/mol. The first-order valence-corrected chi connectivity index (χ1v) is 8.15. The van der Waals surface area contributed by atoms with Crippen molar-refractivity contribution < 1.29 is 4.74 Å². The van der Waals surface area contributed by atoms with E-state index in [-0.39, 0.29) is 29.4 Å². The van der Waals surface area contributed by atoms with Gasteiger partial charge < -0.3 is 15.4 Å². The number of guanidine groups is 1. The molecule has 1 aromatic carbocycles. The van der Waals surface area contributed by atoms with Crippen molar-refractivity contribution in [1.82, 2.24) is 10.6 Å². The normalized spacial score (nSPS) is 11.8. The van der Waals surface area contributed by atoms with Crippen LogP contribution in [-0.4, -0.2) is 39.3 Å². The number of benzene rings is 1. The van der Waals surface area contributed by atoms with Crippen LogP contribution in [0, 0.1) is 0 Å². The van der Waals surface area contributed by atoms with Gasteiger partial charge in [-0.2, -0.15) is 0 Å². The molecule has 6 heteroatoms. The number of halogens is 2. The summed E-state index contributed by atoms with van der Waals surface area (Å²) in [6, 6.07) is 8.00. The van der Waals surface area contributed by atoms with Gasteiger partial charge in [0, 0.05) is 43.8 Å². The molecular weight excluding hydrogens is 425 g/mol. The third-order valence-corrected chi connectivity index (χ3v) is 3.72. The highest BCUT2D eigenvalue weighted by Gasteiger charge is 2.21. The third kappa shape index (κ3) is 8.77. The van der Waals surface area contributed by atoms with E-state index >= 15 is 0 Å². The van der Waals surface area contributed by atoms with Gasteiger partial charge in [-0.05, 0) is 31.0 Å². The number of aliphatic imine (C=N–C) groups is 1. The molecule has 0 aliphatic carbocycles. The highest BCUT2D eigenvalue weighted by molar-refractivity contribution is 14.0. The second-order valence-corrected chi connectivity index (χ2v) is 6.23. The summed E-state index contributed by atoms with van der Waals surface area (Å²) in [5.74, 6) is 0.812. The van der Waals surface area contributed by atoms with E-state index in [2.05, 4.69) is 35.5 Å². The zero-order valence-corrected chi connectivity index (χ0v) is 17.6. The van der Waals surface area contributed by atoms with Crippen molar-refractivity contribution in [3.63, 3.8) is 0 Å². The van der Waals surface area contributed by atoms with Gasteiger partial charge >= 0.3 is 0 Å². The van der Waals surface area contributed by atoms with Crippen molar-refractivity contribution in [3.05, 3.63) is 34.9 Å². The predicted molar refractivity (Wildman–Crippen MR) is 110 cm³/mol. The van der Waals surface area contributed by atoms with Crippen LogP contribution >= 0.6 is 35.6 Å². The lowest BCUT2D eigenvalue weighted by molar-refractivity contribution is 0.145. The summed E-state index contributed by atoms with van der Waals surface area (Å²) in [6.07, 6.45) is 0.965. The minimum Gasteiger partial charge on any atom is -0.382 e. The zero-order chi connectivity index (χ0) is 16.4. The lowest BCUT2D eigenvalue weighted by Gasteiger charge is -2.27. The topological polar surface area (TPSA) is 45.6 Å². The number of rotatable bonds is 8. The summed E-state index contributed by atoms with van der Waals surface area (Å²) >= 11 is 6.08. The van der Waals surface area contributed by atoms with E-state index in [1.807, 2.05) is 25.1 Å². The smallest absolute Gasteiger partial charge is 0.191 e. The van der Waals surface area contributed by atoms with Crippen molar-refractivity contribution in [2.45, 2.75) is 32.6 Å². The maximum atomic E-state index is 6.08. The van der Waals surface area contributed by atoms with Crippen LogP contribution in [0.1, 0.15) is 32.8 Å². The zero-order valence-electron chi connectivity index (χ0n) is 14.5. The van der Waals surface area contributed by atoms with Crippen LogP contribution in [0.5, 0.6) is 0 Å². The molecule has 0 spiro atoms. The molecule has 0 fully saturated rings. The van der Waals surface area contributed by atoms with Crippen molar-refractivity contribution in [1.29, 1.82) is 0 Å². The number of hydrogen-bond donors (Lipinski definition) is 2. The molecule has 132 valence electrons. The fourth-order valence-corrected chi connectivity index (χ4v) is 2.25. The van der Waals surface area contributed by atoms with Gasteiger partial charge in [-0.1, -0.05) is 37.6 Å². The number of hydrogen-bond acceptors (Lipinski definition) is 2. The van der Waals surface area contributed by atoms with Crippen LogP contribution in [0.25, 0.3) is 0 Å². The van der Waals surface area contributed by atoms with Crippen LogP contribution < -0.4 is 10.6 Å². The Hall–Kier alpha value is -0.530. The fraction of sp³-hybridized carbons (Fsp3) is 0.588. The summed E-state index contributed by atoms with van der Waals surface area (Å²) in [4.78, 5) is 4.25. The second kappa shape index (κ2) is 11.9. The quantitative estimate of drug-likeness (QED) is 0.272. The molecule has 0 atom stereocenters. The Balaban J connectivity index is 0.00000484. The maximum Gasteiger partial charge on any atom is 0.191 e. The molecule has 1 aromatic rings. The van der Waals surface area contributed by atoms with Crippen molar-refractivity contribution >= 4 is 41.5 Å². The van der Waals surface area contributed by atoms with E-state index in [4.69, 9.17) is 16.3 Å². The van der Waals surface area contributed by atoms with Gasteiger partial charge in [-0.25, -0.2) is 0 Å². The third-order valence-electron chi connectivity index (χ3n) is 3.49. The fourth-order valence-electron chi connectivity index (χ4n) is 2.06. The minimum absolute atomic E-state index is 0. The van der Waals surface area contributed by atoms with Gasteiger partial charge in [0.25, 0.3) is 0 Å². The van der Waals surface area contributed by atoms with Gasteiger partial charge in [0.1, 0.15) is 0 Å². The van der Waals surface area contributed by atoms with Crippen LogP contribution in [-0.2, 0) is 10.2 Å². The minimum atomic E-state index is -0.0339. The molecule has 0 aromatic heterocycles. The van der Waals surface area contributed by atoms with E-state index in [0.29, 0.717) is 0 Å². The van der Waals surface area contributed by atoms with Crippen LogP contribution in [0.4, 0.5) is 0 Å². The SMILES string of the molecule is CCOCCCNC(=NC)NCC(C)(C)c1cccc(Cl)c1.I. The lowest BCUT2D eigenvalue weighted by Crippen LogP contribution is -2.43. The van der Waals surface area contributed by atoms with Crippen molar-refractivity contribution in [2.24, 2.45) is 4.99 Å². The molecule has 0 aliphatic heterocycles. The molecule has 1 rings (SSSR count). The molecule has 23 heavy (non-hydrogen) atoms. The highest BCUT2D eigenvalue weighted by Crippen LogP contribution is 2.24. The van der Waals surface area contributed by atoms with E-state index in [1.54, 1.807) is 7.05 Å². The first-order valence-electron chi connectivity index (χ1n) is 7.78. The summed E-state index contributed by atoms with van der Waals surface area (Å²) in [5, 5.41) is 7.44. The van der Waals surface area contributed by atoms with Crippen LogP contribution in [0.3, 0.4) is 0 Å². The van der Waals surface area contributed by atoms with Crippen LogP contribution in [0.15, 0.2) is 29.3 Å². The van der Waals surface area contributed by atoms with Crippen LogP contribution in [0.2, 0.25) is 5.02 Å². The van der Waals surface area contributed by atoms with Gasteiger partial charge in [-0.3, -0.25) is 4.99 Å². The second-order valence-electron chi connectivity index (χ2n) is 5.80. The summed E-state index contributed by atoms with van der Waals surface area (Å²) < 4.78 is 5.32. The van der Waals surface area contributed by atoms with E-state index < -0.39 is 0 Å². The summed E-state index contributed by atoms with van der Waals surface area (Å²) in [7, 11) is 1.78. The predicted octanol–water partition coefficient (Wildman–Crippen LogP) is 3.83. The van der Waals surface area contributed by atoms with E-state index in [0.717, 1.165) is 43.7 Å². The number of nitrogens with one attached hydrogen (secondary N) is 2. The highest BCUT2D eigenvalue weighted by atomic mass is 127. The molecule has 0 radical (unpaired) electrons. The summed E-state index contributed by atoms with van der Waals surface area (Å²) in [5.41, 5.74) is 1.17. The van der Waals surface area contributed by atoms with Gasteiger partial charge in [-0.15, -0.1) is 24.0 Å². The van der Waals surface area contributed by atoms with Gasteiger partial charge in [0.15, 0.2) is 5.96 Å². The first-order chi connectivity index (χ1) is 10.5. The van der Waals surface area contributed by atoms with Crippen molar-refractivity contribution in [3.8, 4) is 0 Å². The first kappa shape index (κ1) is 22.5. The van der Waals surface area contributed by atoms with Gasteiger partial charge in [0.05, 0.1) is 0 Å². The molecule has 0 amide bonds. The summed E-state index contributed by atoms with van der Waals surface area (Å²) in [6.45, 7) is 9.54. The molecule has 0 saturated heterocycles. The Morgan fingerprint density at radius 1 is 1.30 bits per heavy atom. The molecule has 0 aliphatic rings. The van der Waals surface area contributed by atoms with Crippen molar-refractivity contribution in [2.75, 3.05) is 33.4 Å². The molecule has 0 heterocycles. The van der Waals surface area contributed by atoms with E-state index in [1.165, 1.54) is 5.56 Å². The average Bonchev–Trinajstić information content (AvgIpc) is 2.50. The molecule has 0 saturated carbocycles. The Bertz CT molecular complexity index is 481. The number of nitrogens with zero attached hydrogens (tertiary/aromatic N) is 1. The van der Waals surface area contributed by atoms with E-state index in [9.17, 15) is 0 Å². The lowest BCUT2D eigenvalue weighted by atomic mass is 9.84. The Labute approximate surface area is 162 Å². The molecule has 0 bridgehead atoms. The molecule has 2 N–H and O–H groups in total. The standard InChI is InChI=1S/C17H28ClN3O.HI/c1-5-22-11-7-10-20-16(19-4)21-13-17(2,3)14-8-6-9-15(18)12-14;/h6,8-9,12H,5,7,10-11,13H2,1-4H3,(H2,19,20,21);1H. The Morgan fingerprint density at radius 3 is 2.65 bits per heavy atom. The van der Waals surface area contributed by atoms with Gasteiger partial charge in [0.2, 0.25) is 0 Å². The Kier molecular flexibility index (Phi) is 11.6. The molecule has 4 nitrogen and oxygen atoms in total. The average molecular weight is 454 g/mol. The maximum absolute atomic E-state index is 6.08. The largest absolute Gasteiger partial charge is 0.382 e. The molecule has 0 unspecified atom stereocenters. The Morgan fingerprint density at radius 2 is 2.04 bits per heavy atom. The molecular formula is C17H29ClIN3O. The number of ether oxygens (including phenoxy) is 1.